The van der Waals surface area contributed by atoms with E-state index in [2.05, 4.69) is 38.7 Å². The van der Waals surface area contributed by atoms with Gasteiger partial charge in [-0.3, -0.25) is 4.79 Å². The third kappa shape index (κ3) is 6.07. The molecule has 1 rings (SSSR count). The monoisotopic (exact) mass is 345 g/mol. The van der Waals surface area contributed by atoms with Crippen LogP contribution in [0, 0.1) is 0 Å². The molecule has 104 valence electrons. The molecule has 0 aliphatic rings. The summed E-state index contributed by atoms with van der Waals surface area (Å²) in [4.78, 5) is 11.6. The predicted molar refractivity (Wildman–Crippen MR) is 83.8 cm³/mol. The molecule has 0 fully saturated rings. The molecule has 0 aliphatic carbocycles. The van der Waals surface area contributed by atoms with Crippen LogP contribution in [0.2, 0.25) is 5.02 Å². The standard InChI is InChI=1S/C13H17BrClN3O/c1-3-4-9(2)17-18-13(19)8-16-12-6-5-10(15)7-11(12)14/h5-7,16H,3-4,8H2,1-2H3,(H,18,19)/b17-9-. The lowest BCUT2D eigenvalue weighted by atomic mass is 10.2. The van der Waals surface area contributed by atoms with E-state index in [0.717, 1.165) is 28.7 Å². The topological polar surface area (TPSA) is 53.5 Å². The van der Waals surface area contributed by atoms with Crippen LogP contribution in [0.1, 0.15) is 26.7 Å². The first kappa shape index (κ1) is 16.0. The van der Waals surface area contributed by atoms with Gasteiger partial charge in [-0.25, -0.2) is 5.43 Å². The number of carbonyl (C=O) groups is 1. The van der Waals surface area contributed by atoms with Crippen LogP contribution in [-0.4, -0.2) is 18.2 Å². The molecule has 2 N–H and O–H groups in total. The van der Waals surface area contributed by atoms with E-state index in [1.807, 2.05) is 13.0 Å². The van der Waals surface area contributed by atoms with Crippen molar-refractivity contribution in [3.63, 3.8) is 0 Å². The Hall–Kier alpha value is -1.07. The van der Waals surface area contributed by atoms with E-state index in [1.54, 1.807) is 12.1 Å². The van der Waals surface area contributed by atoms with E-state index in [-0.39, 0.29) is 12.5 Å². The van der Waals surface area contributed by atoms with Gasteiger partial charge in [0.25, 0.3) is 5.91 Å². The maximum absolute atomic E-state index is 11.6. The van der Waals surface area contributed by atoms with Gasteiger partial charge >= 0.3 is 0 Å². The van der Waals surface area contributed by atoms with E-state index in [9.17, 15) is 4.79 Å². The van der Waals surface area contributed by atoms with Crippen molar-refractivity contribution in [1.29, 1.82) is 0 Å². The second-order valence-electron chi connectivity index (χ2n) is 4.11. The van der Waals surface area contributed by atoms with Crippen LogP contribution in [0.3, 0.4) is 0 Å². The van der Waals surface area contributed by atoms with Crippen molar-refractivity contribution in [2.75, 3.05) is 11.9 Å². The summed E-state index contributed by atoms with van der Waals surface area (Å²) in [6.07, 6.45) is 1.90. The summed E-state index contributed by atoms with van der Waals surface area (Å²) in [5, 5.41) is 7.66. The number of hydrazone groups is 1. The minimum Gasteiger partial charge on any atom is -0.375 e. The molecule has 4 nitrogen and oxygen atoms in total. The highest BCUT2D eigenvalue weighted by molar-refractivity contribution is 9.10. The quantitative estimate of drug-likeness (QED) is 0.608. The molecule has 1 aromatic rings. The van der Waals surface area contributed by atoms with Gasteiger partial charge in [-0.05, 0) is 47.5 Å². The SMILES string of the molecule is CCC/C(C)=N\NC(=O)CNc1ccc(Cl)cc1Br. The number of hydrogen-bond acceptors (Lipinski definition) is 3. The highest BCUT2D eigenvalue weighted by Crippen LogP contribution is 2.25. The smallest absolute Gasteiger partial charge is 0.259 e. The van der Waals surface area contributed by atoms with Crippen LogP contribution >= 0.6 is 27.5 Å². The molecule has 1 aromatic carbocycles. The van der Waals surface area contributed by atoms with Gasteiger partial charge in [0.1, 0.15) is 0 Å². The van der Waals surface area contributed by atoms with Gasteiger partial charge in [-0.2, -0.15) is 5.10 Å². The van der Waals surface area contributed by atoms with Crippen LogP contribution in [0.25, 0.3) is 0 Å². The summed E-state index contributed by atoms with van der Waals surface area (Å²) < 4.78 is 0.818. The molecule has 0 radical (unpaired) electrons. The maximum Gasteiger partial charge on any atom is 0.259 e. The van der Waals surface area contributed by atoms with Gasteiger partial charge in [0.2, 0.25) is 0 Å². The predicted octanol–water partition coefficient (Wildman–Crippen LogP) is 3.81. The lowest BCUT2D eigenvalue weighted by Gasteiger charge is -2.08. The van der Waals surface area contributed by atoms with E-state index in [1.165, 1.54) is 0 Å². The zero-order valence-corrected chi connectivity index (χ0v) is 13.3. The third-order valence-corrected chi connectivity index (χ3v) is 3.24. The Morgan fingerprint density at radius 2 is 2.21 bits per heavy atom. The molecule has 0 bridgehead atoms. The van der Waals surface area contributed by atoms with Crippen molar-refractivity contribution < 1.29 is 4.79 Å². The Bertz CT molecular complexity index is 477. The fraction of sp³-hybridized carbons (Fsp3) is 0.385. The van der Waals surface area contributed by atoms with Gasteiger partial charge in [-0.15, -0.1) is 0 Å². The zero-order valence-electron chi connectivity index (χ0n) is 11.0. The number of rotatable bonds is 6. The molecule has 0 heterocycles. The van der Waals surface area contributed by atoms with Crippen molar-refractivity contribution >= 4 is 44.8 Å². The van der Waals surface area contributed by atoms with Gasteiger partial charge < -0.3 is 5.32 Å². The molecule has 0 aliphatic heterocycles. The number of carbonyl (C=O) groups excluding carboxylic acids is 1. The number of amides is 1. The Balaban J connectivity index is 2.44. The summed E-state index contributed by atoms with van der Waals surface area (Å²) in [6, 6.07) is 5.34. The Kier molecular flexibility index (Phi) is 6.87. The first-order valence-corrected chi connectivity index (χ1v) is 7.21. The molecule has 0 unspecified atom stereocenters. The fourth-order valence-electron chi connectivity index (χ4n) is 1.42. The van der Waals surface area contributed by atoms with Crippen LogP contribution < -0.4 is 10.7 Å². The minimum atomic E-state index is -0.183. The maximum atomic E-state index is 11.6. The summed E-state index contributed by atoms with van der Waals surface area (Å²) in [5.41, 5.74) is 4.25. The van der Waals surface area contributed by atoms with Gasteiger partial charge in [0.05, 0.1) is 6.54 Å². The van der Waals surface area contributed by atoms with E-state index in [0.29, 0.717) is 5.02 Å². The zero-order chi connectivity index (χ0) is 14.3. The summed E-state index contributed by atoms with van der Waals surface area (Å²) in [6.45, 7) is 4.12. The Morgan fingerprint density at radius 3 is 2.84 bits per heavy atom. The van der Waals surface area contributed by atoms with Crippen LogP contribution in [-0.2, 0) is 4.79 Å². The number of benzene rings is 1. The van der Waals surface area contributed by atoms with Crippen LogP contribution in [0.15, 0.2) is 27.8 Å². The summed E-state index contributed by atoms with van der Waals surface area (Å²) in [5.74, 6) is -0.183. The number of anilines is 1. The molecule has 0 saturated heterocycles. The highest BCUT2D eigenvalue weighted by atomic mass is 79.9. The highest BCUT2D eigenvalue weighted by Gasteiger charge is 2.03. The molecule has 1 amide bonds. The van der Waals surface area contributed by atoms with Crippen molar-refractivity contribution in [3.05, 3.63) is 27.7 Å². The Labute approximate surface area is 126 Å². The lowest BCUT2D eigenvalue weighted by Crippen LogP contribution is -2.26. The van der Waals surface area contributed by atoms with Gasteiger partial charge in [-0.1, -0.05) is 24.9 Å². The van der Waals surface area contributed by atoms with Crippen molar-refractivity contribution in [3.8, 4) is 0 Å². The molecule has 6 heteroatoms. The van der Waals surface area contributed by atoms with Crippen LogP contribution in [0.5, 0.6) is 0 Å². The number of nitrogens with zero attached hydrogens (tertiary/aromatic N) is 1. The number of nitrogens with one attached hydrogen (secondary N) is 2. The van der Waals surface area contributed by atoms with E-state index < -0.39 is 0 Å². The average Bonchev–Trinajstić information content (AvgIpc) is 2.35. The summed E-state index contributed by atoms with van der Waals surface area (Å²) in [7, 11) is 0. The molecular weight excluding hydrogens is 330 g/mol. The average molecular weight is 347 g/mol. The molecule has 0 atom stereocenters. The molecular formula is C13H17BrClN3O. The largest absolute Gasteiger partial charge is 0.375 e. The first-order chi connectivity index (χ1) is 9.02. The van der Waals surface area contributed by atoms with E-state index in [4.69, 9.17) is 11.6 Å². The normalized spacial score (nSPS) is 11.3. The van der Waals surface area contributed by atoms with Gasteiger partial charge in [0.15, 0.2) is 0 Å². The number of halogens is 2. The molecule has 0 aromatic heterocycles. The summed E-state index contributed by atoms with van der Waals surface area (Å²) >= 11 is 9.21. The lowest BCUT2D eigenvalue weighted by molar-refractivity contribution is -0.119. The van der Waals surface area contributed by atoms with E-state index >= 15 is 0 Å². The van der Waals surface area contributed by atoms with Crippen LogP contribution in [0.4, 0.5) is 5.69 Å². The molecule has 0 saturated carbocycles. The molecule has 19 heavy (non-hydrogen) atoms. The second-order valence-corrected chi connectivity index (χ2v) is 5.40. The van der Waals surface area contributed by atoms with Gasteiger partial charge in [0, 0.05) is 20.9 Å². The minimum absolute atomic E-state index is 0.156. The third-order valence-electron chi connectivity index (χ3n) is 2.35. The Morgan fingerprint density at radius 1 is 1.47 bits per heavy atom. The van der Waals surface area contributed by atoms with Crippen molar-refractivity contribution in [1.82, 2.24) is 5.43 Å². The van der Waals surface area contributed by atoms with Crippen molar-refractivity contribution in [2.24, 2.45) is 5.10 Å². The fourth-order valence-corrected chi connectivity index (χ4v) is 2.25. The second kappa shape index (κ2) is 8.17. The number of hydrogen-bond donors (Lipinski definition) is 2. The van der Waals surface area contributed by atoms with Crippen molar-refractivity contribution in [2.45, 2.75) is 26.7 Å². The first-order valence-electron chi connectivity index (χ1n) is 6.04. The molecule has 0 spiro atoms.